The maximum Gasteiger partial charge on any atom is 0.423 e. The molecule has 0 radical (unpaired) electrons. The molecule has 6 nitrogen and oxygen atoms in total. The number of piperidine rings is 1. The first-order chi connectivity index (χ1) is 13.5. The van der Waals surface area contributed by atoms with E-state index in [0.717, 1.165) is 62.8 Å². The summed E-state index contributed by atoms with van der Waals surface area (Å²) < 4.78 is 46.1. The molecule has 3 N–H and O–H groups in total. The molecule has 0 spiro atoms. The van der Waals surface area contributed by atoms with E-state index in [4.69, 9.17) is 4.74 Å². The van der Waals surface area contributed by atoms with Crippen LogP contribution in [-0.4, -0.2) is 35.6 Å². The van der Waals surface area contributed by atoms with Crippen LogP contribution in [0, 0.1) is 0 Å². The van der Waals surface area contributed by atoms with E-state index in [0.29, 0.717) is 5.75 Å². The molecule has 2 aliphatic rings. The Morgan fingerprint density at radius 2 is 2.07 bits per heavy atom. The molecule has 28 heavy (non-hydrogen) atoms. The van der Waals surface area contributed by atoms with Crippen LogP contribution < -0.4 is 20.7 Å². The smallest absolute Gasteiger partial charge is 0.423 e. The fraction of sp³-hybridized carbons (Fsp3) is 0.474. The number of halogens is 3. The summed E-state index contributed by atoms with van der Waals surface area (Å²) in [5, 5.41) is 9.56. The van der Waals surface area contributed by atoms with Gasteiger partial charge in [-0.25, -0.2) is 4.98 Å². The lowest BCUT2D eigenvalue weighted by Crippen LogP contribution is -2.38. The minimum Gasteiger partial charge on any atom is -0.436 e. The number of benzene rings is 1. The Hall–Kier alpha value is -2.55. The predicted molar refractivity (Wildman–Crippen MR) is 99.9 cm³/mol. The maximum absolute atomic E-state index is 13.5. The van der Waals surface area contributed by atoms with Crippen molar-refractivity contribution in [3.63, 3.8) is 0 Å². The van der Waals surface area contributed by atoms with E-state index in [1.54, 1.807) is 12.1 Å². The Bertz CT molecular complexity index is 837. The van der Waals surface area contributed by atoms with Crippen molar-refractivity contribution in [1.82, 2.24) is 15.3 Å². The highest BCUT2D eigenvalue weighted by atomic mass is 19.4. The molecule has 1 saturated heterocycles. The van der Waals surface area contributed by atoms with Crippen molar-refractivity contribution in [2.24, 2.45) is 0 Å². The third-order valence-corrected chi connectivity index (χ3v) is 4.93. The second kappa shape index (κ2) is 7.83. The maximum atomic E-state index is 13.5. The van der Waals surface area contributed by atoms with Crippen LogP contribution in [-0.2, 0) is 12.6 Å². The summed E-state index contributed by atoms with van der Waals surface area (Å²) in [6.45, 7) is 2.41. The number of rotatable bonds is 4. The topological polar surface area (TPSA) is 71.1 Å². The van der Waals surface area contributed by atoms with Gasteiger partial charge < -0.3 is 20.7 Å². The molecule has 0 amide bonds. The third kappa shape index (κ3) is 4.14. The minimum atomic E-state index is -4.61. The van der Waals surface area contributed by atoms with Crippen molar-refractivity contribution in [3.8, 4) is 11.6 Å². The fourth-order valence-corrected chi connectivity index (χ4v) is 3.53. The largest absolute Gasteiger partial charge is 0.436 e. The zero-order chi connectivity index (χ0) is 19.6. The number of para-hydroxylation sites is 1. The molecule has 0 saturated carbocycles. The highest BCUT2D eigenvalue weighted by Gasteiger charge is 2.37. The highest BCUT2D eigenvalue weighted by Crippen LogP contribution is 2.40. The van der Waals surface area contributed by atoms with Crippen molar-refractivity contribution in [2.75, 3.05) is 30.3 Å². The van der Waals surface area contributed by atoms with E-state index in [2.05, 4.69) is 25.9 Å². The number of aryl methyl sites for hydroxylation is 1. The summed E-state index contributed by atoms with van der Waals surface area (Å²) in [6, 6.07) is 5.45. The lowest BCUT2D eigenvalue weighted by atomic mass is 10.0. The first kappa shape index (κ1) is 18.8. The molecule has 1 atom stereocenters. The molecule has 1 unspecified atom stereocenters. The van der Waals surface area contributed by atoms with Gasteiger partial charge in [0.2, 0.25) is 11.8 Å². The van der Waals surface area contributed by atoms with Gasteiger partial charge in [0.25, 0.3) is 0 Å². The van der Waals surface area contributed by atoms with Crippen molar-refractivity contribution in [1.29, 1.82) is 0 Å². The van der Waals surface area contributed by atoms with Gasteiger partial charge in [-0.05, 0) is 43.9 Å². The Balaban J connectivity index is 1.64. The number of hydrogen-bond acceptors (Lipinski definition) is 6. The molecule has 1 aromatic heterocycles. The number of fused-ring (bicyclic) bond motifs is 1. The van der Waals surface area contributed by atoms with Gasteiger partial charge in [0.15, 0.2) is 5.75 Å². The summed E-state index contributed by atoms with van der Waals surface area (Å²) >= 11 is 0. The average molecular weight is 393 g/mol. The number of nitrogens with one attached hydrogen (secondary N) is 3. The molecule has 2 aromatic rings. The van der Waals surface area contributed by atoms with Gasteiger partial charge in [-0.1, -0.05) is 12.1 Å². The molecule has 3 heterocycles. The Morgan fingerprint density at radius 1 is 1.18 bits per heavy atom. The van der Waals surface area contributed by atoms with Gasteiger partial charge in [0.1, 0.15) is 5.56 Å². The number of aromatic nitrogens is 2. The summed E-state index contributed by atoms with van der Waals surface area (Å²) in [7, 11) is 0. The second-order valence-electron chi connectivity index (χ2n) is 7.02. The quantitative estimate of drug-likeness (QED) is 0.734. The van der Waals surface area contributed by atoms with E-state index < -0.39 is 17.6 Å². The number of anilines is 2. The Kier molecular flexibility index (Phi) is 5.25. The van der Waals surface area contributed by atoms with Crippen LogP contribution in [0.5, 0.6) is 11.6 Å². The molecule has 2 aliphatic heterocycles. The monoisotopic (exact) mass is 393 g/mol. The molecule has 150 valence electrons. The molecular weight excluding hydrogens is 371 g/mol. The number of hydrogen-bond donors (Lipinski definition) is 3. The Morgan fingerprint density at radius 3 is 2.86 bits per heavy atom. The first-order valence-corrected chi connectivity index (χ1v) is 9.46. The zero-order valence-electron chi connectivity index (χ0n) is 15.3. The molecule has 9 heteroatoms. The lowest BCUT2D eigenvalue weighted by Gasteiger charge is -2.24. The van der Waals surface area contributed by atoms with Gasteiger partial charge in [-0.3, -0.25) is 0 Å². The SMILES string of the molecule is FC(F)(F)c1cnc(NC2CCCNC2)nc1Oc1cccc2c1NCCC2. The zero-order valence-corrected chi connectivity index (χ0v) is 15.3. The molecule has 4 rings (SSSR count). The lowest BCUT2D eigenvalue weighted by molar-refractivity contribution is -0.139. The van der Waals surface area contributed by atoms with Crippen LogP contribution in [0.15, 0.2) is 24.4 Å². The van der Waals surface area contributed by atoms with Crippen molar-refractivity contribution in [2.45, 2.75) is 37.9 Å². The van der Waals surface area contributed by atoms with Gasteiger partial charge >= 0.3 is 6.18 Å². The van der Waals surface area contributed by atoms with Crippen LogP contribution in [0.1, 0.15) is 30.4 Å². The van der Waals surface area contributed by atoms with Crippen molar-refractivity contribution >= 4 is 11.6 Å². The molecule has 0 aliphatic carbocycles. The molecule has 1 fully saturated rings. The average Bonchev–Trinajstić information content (AvgIpc) is 2.68. The summed E-state index contributed by atoms with van der Waals surface area (Å²) in [5.74, 6) is -0.0179. The van der Waals surface area contributed by atoms with Crippen molar-refractivity contribution < 1.29 is 17.9 Å². The third-order valence-electron chi connectivity index (χ3n) is 4.93. The van der Waals surface area contributed by atoms with E-state index in [1.807, 2.05) is 6.07 Å². The first-order valence-electron chi connectivity index (χ1n) is 9.46. The number of nitrogens with zero attached hydrogens (tertiary/aromatic N) is 2. The summed E-state index contributed by atoms with van der Waals surface area (Å²) in [6.07, 6.45) is -0.0996. The fourth-order valence-electron chi connectivity index (χ4n) is 3.53. The van der Waals surface area contributed by atoms with Crippen LogP contribution in [0.25, 0.3) is 0 Å². The Labute approximate surface area is 160 Å². The van der Waals surface area contributed by atoms with Crippen LogP contribution in [0.3, 0.4) is 0 Å². The van der Waals surface area contributed by atoms with E-state index in [1.165, 1.54) is 0 Å². The van der Waals surface area contributed by atoms with E-state index in [9.17, 15) is 13.2 Å². The number of ether oxygens (including phenoxy) is 1. The van der Waals surface area contributed by atoms with Gasteiger partial charge in [-0.2, -0.15) is 18.2 Å². The molecular formula is C19H22F3N5O. The van der Waals surface area contributed by atoms with E-state index >= 15 is 0 Å². The highest BCUT2D eigenvalue weighted by molar-refractivity contribution is 5.64. The minimum absolute atomic E-state index is 0.0736. The molecule has 1 aromatic carbocycles. The molecule has 0 bridgehead atoms. The van der Waals surface area contributed by atoms with Gasteiger partial charge in [0, 0.05) is 25.3 Å². The van der Waals surface area contributed by atoms with Crippen LogP contribution in [0.2, 0.25) is 0 Å². The normalized spacial score (nSPS) is 19.5. The summed E-state index contributed by atoms with van der Waals surface area (Å²) in [4.78, 5) is 7.92. The number of alkyl halides is 3. The summed E-state index contributed by atoms with van der Waals surface area (Å²) in [5.41, 5.74) is 0.762. The van der Waals surface area contributed by atoms with Crippen LogP contribution in [0.4, 0.5) is 24.8 Å². The van der Waals surface area contributed by atoms with Crippen molar-refractivity contribution in [3.05, 3.63) is 35.5 Å². The van der Waals surface area contributed by atoms with Gasteiger partial charge in [-0.15, -0.1) is 0 Å². The second-order valence-corrected chi connectivity index (χ2v) is 7.02. The van der Waals surface area contributed by atoms with E-state index in [-0.39, 0.29) is 12.0 Å². The van der Waals surface area contributed by atoms with Crippen LogP contribution >= 0.6 is 0 Å². The standard InChI is InChI=1S/C19H22F3N5O/c20-19(21,22)14-11-25-18(26-13-6-3-8-23-10-13)27-17(14)28-15-7-1-4-12-5-2-9-24-16(12)15/h1,4,7,11,13,23-24H,2-3,5-6,8-10H2,(H,25,26,27). The van der Waals surface area contributed by atoms with Gasteiger partial charge in [0.05, 0.1) is 5.69 Å². The predicted octanol–water partition coefficient (Wildman–Crippen LogP) is 3.81.